The first-order valence-electron chi connectivity index (χ1n) is 8.57. The van der Waals surface area contributed by atoms with Crippen molar-refractivity contribution in [2.24, 2.45) is 0 Å². The van der Waals surface area contributed by atoms with E-state index in [1.54, 1.807) is 13.8 Å². The fourth-order valence-electron chi connectivity index (χ4n) is 2.54. The zero-order chi connectivity index (χ0) is 18.1. The van der Waals surface area contributed by atoms with Gasteiger partial charge in [0.25, 0.3) is 0 Å². The Balaban J connectivity index is 1.91. The summed E-state index contributed by atoms with van der Waals surface area (Å²) >= 11 is 0. The average molecular weight is 340 g/mol. The third-order valence-corrected chi connectivity index (χ3v) is 3.76. The van der Waals surface area contributed by atoms with Crippen molar-refractivity contribution in [1.82, 2.24) is 0 Å². The monoisotopic (exact) mass is 340 g/mol. The Kier molecular flexibility index (Phi) is 7.20. The Morgan fingerprint density at radius 3 is 1.28 bits per heavy atom. The van der Waals surface area contributed by atoms with Gasteiger partial charge in [0.1, 0.15) is 0 Å². The molecule has 0 bridgehead atoms. The van der Waals surface area contributed by atoms with E-state index in [0.717, 1.165) is 17.5 Å². The lowest BCUT2D eigenvalue weighted by Crippen LogP contribution is -2.07. The van der Waals surface area contributed by atoms with Crippen molar-refractivity contribution < 1.29 is 19.1 Å². The molecule has 0 aliphatic rings. The largest absolute Gasteiger partial charge is 0.466 e. The first kappa shape index (κ1) is 18.7. The topological polar surface area (TPSA) is 52.6 Å². The van der Waals surface area contributed by atoms with Gasteiger partial charge in [-0.3, -0.25) is 9.59 Å². The number of ether oxygens (including phenoxy) is 2. The molecule has 0 saturated carbocycles. The van der Waals surface area contributed by atoms with Crippen LogP contribution in [0.5, 0.6) is 0 Å². The van der Waals surface area contributed by atoms with E-state index in [-0.39, 0.29) is 11.9 Å². The van der Waals surface area contributed by atoms with E-state index in [1.165, 1.54) is 11.1 Å². The molecule has 0 aliphatic carbocycles. The van der Waals surface area contributed by atoms with Gasteiger partial charge in [0.2, 0.25) is 0 Å². The number of rotatable bonds is 8. The molecule has 0 heterocycles. The molecule has 0 N–H and O–H groups in total. The number of benzene rings is 2. The lowest BCUT2D eigenvalue weighted by atomic mass is 10.0. The first-order valence-corrected chi connectivity index (χ1v) is 8.57. The summed E-state index contributed by atoms with van der Waals surface area (Å²) in [5.74, 6) is -0.403. The van der Waals surface area contributed by atoms with Crippen molar-refractivity contribution in [2.75, 3.05) is 13.2 Å². The van der Waals surface area contributed by atoms with Crippen LogP contribution in [0, 0.1) is 0 Å². The molecule has 0 saturated heterocycles. The smallest absolute Gasteiger partial charge is 0.310 e. The van der Waals surface area contributed by atoms with Crippen LogP contribution < -0.4 is 0 Å². The van der Waals surface area contributed by atoms with E-state index in [9.17, 15) is 9.59 Å². The average Bonchev–Trinajstić information content (AvgIpc) is 2.59. The summed E-state index contributed by atoms with van der Waals surface area (Å²) in [6, 6.07) is 16.0. The molecule has 0 unspecified atom stereocenters. The Morgan fingerprint density at radius 1 is 0.640 bits per heavy atom. The van der Waals surface area contributed by atoms with Gasteiger partial charge in [-0.2, -0.15) is 0 Å². The van der Waals surface area contributed by atoms with Gasteiger partial charge in [-0.1, -0.05) is 48.5 Å². The molecule has 0 fully saturated rings. The van der Waals surface area contributed by atoms with Crippen molar-refractivity contribution >= 4 is 11.9 Å². The lowest BCUT2D eigenvalue weighted by Gasteiger charge is -2.06. The summed E-state index contributed by atoms with van der Waals surface area (Å²) in [5, 5.41) is 0. The van der Waals surface area contributed by atoms with E-state index >= 15 is 0 Å². The number of carbonyl (C=O) groups excluding carboxylic acids is 2. The van der Waals surface area contributed by atoms with Crippen LogP contribution in [0.3, 0.4) is 0 Å². The molecule has 132 valence electrons. The highest BCUT2D eigenvalue weighted by atomic mass is 16.5. The molecule has 2 rings (SSSR count). The zero-order valence-electron chi connectivity index (χ0n) is 14.8. The number of esters is 2. The standard InChI is InChI=1S/C21H24O4/c1-3-24-20(22)14-18-9-5-16(6-10-18)13-17-7-11-19(12-8-17)15-21(23)25-4-2/h5-12H,3-4,13-15H2,1-2H3. The SMILES string of the molecule is CCOC(=O)Cc1ccc(Cc2ccc(CC(=O)OCC)cc2)cc1. The van der Waals surface area contributed by atoms with Gasteiger partial charge in [0.05, 0.1) is 26.1 Å². The van der Waals surface area contributed by atoms with Gasteiger partial charge in [0, 0.05) is 0 Å². The molecule has 25 heavy (non-hydrogen) atoms. The fraction of sp³-hybridized carbons (Fsp3) is 0.333. The number of hydrogen-bond acceptors (Lipinski definition) is 4. The summed E-state index contributed by atoms with van der Waals surface area (Å²) in [6.45, 7) is 4.42. The third-order valence-electron chi connectivity index (χ3n) is 3.76. The van der Waals surface area contributed by atoms with Crippen LogP contribution in [-0.2, 0) is 38.3 Å². The van der Waals surface area contributed by atoms with Crippen LogP contribution in [0.15, 0.2) is 48.5 Å². The molecule has 2 aromatic carbocycles. The molecule has 4 heteroatoms. The molecular weight excluding hydrogens is 316 g/mol. The van der Waals surface area contributed by atoms with Gasteiger partial charge in [-0.25, -0.2) is 0 Å². The second-order valence-electron chi connectivity index (χ2n) is 5.77. The Hall–Kier alpha value is -2.62. The summed E-state index contributed by atoms with van der Waals surface area (Å²) in [5.41, 5.74) is 4.25. The number of carbonyl (C=O) groups is 2. The summed E-state index contributed by atoms with van der Waals surface area (Å²) in [7, 11) is 0. The highest BCUT2D eigenvalue weighted by Crippen LogP contribution is 2.13. The normalized spacial score (nSPS) is 10.3. The predicted molar refractivity (Wildman–Crippen MR) is 96.4 cm³/mol. The van der Waals surface area contributed by atoms with Gasteiger partial charge in [-0.15, -0.1) is 0 Å². The summed E-state index contributed by atoms with van der Waals surface area (Å²) in [6.07, 6.45) is 1.41. The second-order valence-corrected chi connectivity index (χ2v) is 5.77. The minimum atomic E-state index is -0.201. The molecule has 0 radical (unpaired) electrons. The maximum absolute atomic E-state index is 11.5. The van der Waals surface area contributed by atoms with Gasteiger partial charge < -0.3 is 9.47 Å². The third kappa shape index (κ3) is 6.42. The highest BCUT2D eigenvalue weighted by Gasteiger charge is 2.06. The summed E-state index contributed by atoms with van der Waals surface area (Å²) < 4.78 is 9.91. The van der Waals surface area contributed by atoms with Crippen LogP contribution in [0.1, 0.15) is 36.1 Å². The maximum Gasteiger partial charge on any atom is 0.310 e. The van der Waals surface area contributed by atoms with Crippen molar-refractivity contribution in [2.45, 2.75) is 33.1 Å². The van der Waals surface area contributed by atoms with Crippen LogP contribution in [0.2, 0.25) is 0 Å². The minimum Gasteiger partial charge on any atom is -0.466 e. The molecule has 0 atom stereocenters. The van der Waals surface area contributed by atoms with Crippen LogP contribution in [-0.4, -0.2) is 25.2 Å². The quantitative estimate of drug-likeness (QED) is 0.690. The Bertz CT molecular complexity index is 625. The minimum absolute atomic E-state index is 0.201. The van der Waals surface area contributed by atoms with E-state index in [4.69, 9.17) is 9.47 Å². The predicted octanol–water partition coefficient (Wildman–Crippen LogP) is 3.49. The van der Waals surface area contributed by atoms with E-state index in [2.05, 4.69) is 0 Å². The molecule has 0 amide bonds. The number of hydrogen-bond donors (Lipinski definition) is 0. The van der Waals surface area contributed by atoms with Crippen molar-refractivity contribution in [3.8, 4) is 0 Å². The van der Waals surface area contributed by atoms with Crippen molar-refractivity contribution in [3.05, 3.63) is 70.8 Å². The molecule has 4 nitrogen and oxygen atoms in total. The van der Waals surface area contributed by atoms with E-state index in [1.807, 2.05) is 48.5 Å². The lowest BCUT2D eigenvalue weighted by molar-refractivity contribution is -0.143. The van der Waals surface area contributed by atoms with Crippen LogP contribution in [0.25, 0.3) is 0 Å². The van der Waals surface area contributed by atoms with Gasteiger partial charge in [-0.05, 0) is 42.5 Å². The fourth-order valence-corrected chi connectivity index (χ4v) is 2.54. The van der Waals surface area contributed by atoms with Crippen molar-refractivity contribution in [1.29, 1.82) is 0 Å². The second kappa shape index (κ2) is 9.62. The summed E-state index contributed by atoms with van der Waals surface area (Å²) in [4.78, 5) is 23.0. The molecular formula is C21H24O4. The molecule has 0 aromatic heterocycles. The van der Waals surface area contributed by atoms with E-state index < -0.39 is 0 Å². The highest BCUT2D eigenvalue weighted by molar-refractivity contribution is 5.73. The zero-order valence-corrected chi connectivity index (χ0v) is 14.8. The van der Waals surface area contributed by atoms with Crippen molar-refractivity contribution in [3.63, 3.8) is 0 Å². The molecule has 0 aliphatic heterocycles. The molecule has 0 spiro atoms. The van der Waals surface area contributed by atoms with Crippen LogP contribution in [0.4, 0.5) is 0 Å². The first-order chi connectivity index (χ1) is 12.1. The Morgan fingerprint density at radius 2 is 0.960 bits per heavy atom. The van der Waals surface area contributed by atoms with E-state index in [0.29, 0.717) is 26.1 Å². The Labute approximate surface area is 148 Å². The van der Waals surface area contributed by atoms with Gasteiger partial charge >= 0.3 is 11.9 Å². The maximum atomic E-state index is 11.5. The van der Waals surface area contributed by atoms with Crippen LogP contribution >= 0.6 is 0 Å². The van der Waals surface area contributed by atoms with Gasteiger partial charge in [0.15, 0.2) is 0 Å². The molecule has 2 aromatic rings.